The van der Waals surface area contributed by atoms with Crippen molar-refractivity contribution in [3.8, 4) is 0 Å². The van der Waals surface area contributed by atoms with Crippen molar-refractivity contribution in [3.63, 3.8) is 0 Å². The summed E-state index contributed by atoms with van der Waals surface area (Å²) in [6.45, 7) is 5.39. The van der Waals surface area contributed by atoms with Crippen LogP contribution in [0.1, 0.15) is 25.5 Å². The molecular weight excluding hydrogens is 236 g/mol. The molecule has 0 saturated carbocycles. The van der Waals surface area contributed by atoms with Crippen LogP contribution in [0.2, 0.25) is 5.02 Å². The summed E-state index contributed by atoms with van der Waals surface area (Å²) in [6, 6.07) is 7.39. The first-order valence-electron chi connectivity index (χ1n) is 5.56. The highest BCUT2D eigenvalue weighted by Crippen LogP contribution is 2.34. The number of allylic oxidation sites excluding steroid dienone is 1. The van der Waals surface area contributed by atoms with Crippen LogP contribution in [-0.4, -0.2) is 5.11 Å². The smallest absolute Gasteiger partial charge is 0.153 e. The Morgan fingerprint density at radius 2 is 2.29 bits per heavy atom. The number of fused-ring (bicyclic) bond motifs is 1. The second-order valence-electron chi connectivity index (χ2n) is 4.37. The van der Waals surface area contributed by atoms with Gasteiger partial charge < -0.3 is 9.52 Å². The highest BCUT2D eigenvalue weighted by Gasteiger charge is 2.26. The van der Waals surface area contributed by atoms with Gasteiger partial charge in [-0.25, -0.2) is 0 Å². The van der Waals surface area contributed by atoms with Gasteiger partial charge >= 0.3 is 0 Å². The molecule has 0 aliphatic rings. The maximum Gasteiger partial charge on any atom is 0.153 e. The lowest BCUT2D eigenvalue weighted by Gasteiger charge is -2.19. The van der Waals surface area contributed by atoms with E-state index in [1.807, 2.05) is 18.2 Å². The van der Waals surface area contributed by atoms with Gasteiger partial charge in [0.05, 0.1) is 5.02 Å². The third-order valence-corrected chi connectivity index (χ3v) is 3.16. The van der Waals surface area contributed by atoms with Crippen LogP contribution >= 0.6 is 11.6 Å². The van der Waals surface area contributed by atoms with Gasteiger partial charge in [0.15, 0.2) is 5.58 Å². The van der Waals surface area contributed by atoms with Crippen molar-refractivity contribution >= 4 is 22.6 Å². The van der Waals surface area contributed by atoms with Gasteiger partial charge in [0.1, 0.15) is 11.4 Å². The molecule has 17 heavy (non-hydrogen) atoms. The first-order chi connectivity index (χ1) is 8.04. The summed E-state index contributed by atoms with van der Waals surface area (Å²) in [5.74, 6) is 0.544. The zero-order valence-electron chi connectivity index (χ0n) is 9.74. The Bertz CT molecular complexity index is 540. The van der Waals surface area contributed by atoms with E-state index in [9.17, 15) is 5.11 Å². The molecule has 3 heteroatoms. The summed E-state index contributed by atoms with van der Waals surface area (Å²) in [5, 5.41) is 11.8. The van der Waals surface area contributed by atoms with E-state index < -0.39 is 5.60 Å². The summed E-state index contributed by atoms with van der Waals surface area (Å²) < 4.78 is 5.64. The fourth-order valence-corrected chi connectivity index (χ4v) is 2.02. The van der Waals surface area contributed by atoms with Crippen LogP contribution in [0.4, 0.5) is 0 Å². The predicted octanol–water partition coefficient (Wildman–Crippen LogP) is 4.26. The molecule has 1 aromatic heterocycles. The Balaban J connectivity index is 2.42. The monoisotopic (exact) mass is 250 g/mol. The van der Waals surface area contributed by atoms with Gasteiger partial charge in [0, 0.05) is 5.39 Å². The van der Waals surface area contributed by atoms with Crippen molar-refractivity contribution in [1.29, 1.82) is 0 Å². The van der Waals surface area contributed by atoms with E-state index in [0.717, 1.165) is 11.8 Å². The van der Waals surface area contributed by atoms with E-state index in [0.29, 0.717) is 22.8 Å². The molecule has 2 rings (SSSR count). The summed E-state index contributed by atoms with van der Waals surface area (Å²) in [6.07, 6.45) is 3.09. The number of benzene rings is 1. The summed E-state index contributed by atoms with van der Waals surface area (Å²) >= 11 is 6.03. The molecule has 0 amide bonds. The topological polar surface area (TPSA) is 33.4 Å². The van der Waals surface area contributed by atoms with E-state index >= 15 is 0 Å². The molecule has 0 aliphatic heterocycles. The van der Waals surface area contributed by atoms with Gasteiger partial charge in [-0.2, -0.15) is 0 Å². The van der Waals surface area contributed by atoms with Crippen molar-refractivity contribution < 1.29 is 9.52 Å². The predicted molar refractivity (Wildman–Crippen MR) is 70.2 cm³/mol. The maximum atomic E-state index is 10.3. The molecule has 0 radical (unpaired) electrons. The second-order valence-corrected chi connectivity index (χ2v) is 4.78. The standard InChI is InChI=1S/C14H15ClO2/c1-3-4-8-14(2,16)12-9-10-6-5-7-11(15)13(10)17-12/h3,5-7,9,16H,1,4,8H2,2H3. The minimum absolute atomic E-state index is 0.544. The van der Waals surface area contributed by atoms with Crippen molar-refractivity contribution in [2.45, 2.75) is 25.4 Å². The number of rotatable bonds is 4. The zero-order chi connectivity index (χ0) is 12.5. The molecule has 1 aromatic carbocycles. The van der Waals surface area contributed by atoms with Crippen LogP contribution in [0.5, 0.6) is 0 Å². The Labute approximate surface area is 106 Å². The Morgan fingerprint density at radius 1 is 1.53 bits per heavy atom. The van der Waals surface area contributed by atoms with Crippen molar-refractivity contribution in [3.05, 3.63) is 47.7 Å². The zero-order valence-corrected chi connectivity index (χ0v) is 10.5. The maximum absolute atomic E-state index is 10.3. The number of halogens is 1. The van der Waals surface area contributed by atoms with Crippen LogP contribution in [-0.2, 0) is 5.60 Å². The number of hydrogen-bond acceptors (Lipinski definition) is 2. The molecule has 2 nitrogen and oxygen atoms in total. The molecule has 0 aliphatic carbocycles. The second kappa shape index (κ2) is 4.55. The van der Waals surface area contributed by atoms with Crippen molar-refractivity contribution in [2.24, 2.45) is 0 Å². The normalized spacial score (nSPS) is 14.8. The molecule has 2 aromatic rings. The highest BCUT2D eigenvalue weighted by atomic mass is 35.5. The average Bonchev–Trinajstić information content (AvgIpc) is 2.72. The fraction of sp³-hybridized carbons (Fsp3) is 0.286. The van der Waals surface area contributed by atoms with E-state index in [-0.39, 0.29) is 0 Å². The van der Waals surface area contributed by atoms with Gasteiger partial charge in [-0.15, -0.1) is 6.58 Å². The molecule has 0 spiro atoms. The third-order valence-electron chi connectivity index (χ3n) is 2.86. The molecule has 1 heterocycles. The van der Waals surface area contributed by atoms with Gasteiger partial charge in [0.2, 0.25) is 0 Å². The van der Waals surface area contributed by atoms with Crippen molar-refractivity contribution in [2.75, 3.05) is 0 Å². The molecule has 0 saturated heterocycles. The minimum atomic E-state index is -0.990. The highest BCUT2D eigenvalue weighted by molar-refractivity contribution is 6.34. The molecule has 90 valence electrons. The average molecular weight is 251 g/mol. The van der Waals surface area contributed by atoms with Crippen LogP contribution in [0, 0.1) is 0 Å². The number of para-hydroxylation sites is 1. The summed E-state index contributed by atoms with van der Waals surface area (Å²) in [7, 11) is 0. The number of aliphatic hydroxyl groups is 1. The summed E-state index contributed by atoms with van der Waals surface area (Å²) in [5.41, 5.74) is -0.362. The molecular formula is C14H15ClO2. The molecule has 0 fully saturated rings. The quantitative estimate of drug-likeness (QED) is 0.823. The van der Waals surface area contributed by atoms with Gasteiger partial charge in [-0.05, 0) is 31.9 Å². The largest absolute Gasteiger partial charge is 0.456 e. The first-order valence-corrected chi connectivity index (χ1v) is 5.94. The Morgan fingerprint density at radius 3 is 2.94 bits per heavy atom. The lowest BCUT2D eigenvalue weighted by Crippen LogP contribution is -2.19. The SMILES string of the molecule is C=CCCC(C)(O)c1cc2cccc(Cl)c2o1. The molecule has 1 unspecified atom stereocenters. The lowest BCUT2D eigenvalue weighted by molar-refractivity contribution is 0.0278. The number of furan rings is 1. The lowest BCUT2D eigenvalue weighted by atomic mass is 9.97. The van der Waals surface area contributed by atoms with E-state index in [1.165, 1.54) is 0 Å². The fourth-order valence-electron chi connectivity index (χ4n) is 1.80. The van der Waals surface area contributed by atoms with Gasteiger partial charge in [0.25, 0.3) is 0 Å². The molecule has 0 bridgehead atoms. The van der Waals surface area contributed by atoms with Crippen LogP contribution < -0.4 is 0 Å². The Hall–Kier alpha value is -1.25. The Kier molecular flexibility index (Phi) is 3.27. The van der Waals surface area contributed by atoms with Crippen LogP contribution in [0.3, 0.4) is 0 Å². The van der Waals surface area contributed by atoms with E-state index in [2.05, 4.69) is 6.58 Å². The number of hydrogen-bond donors (Lipinski definition) is 1. The van der Waals surface area contributed by atoms with Crippen LogP contribution in [0.15, 0.2) is 41.3 Å². The molecule has 1 N–H and O–H groups in total. The van der Waals surface area contributed by atoms with Gasteiger partial charge in [-0.3, -0.25) is 0 Å². The molecule has 1 atom stereocenters. The first kappa shape index (κ1) is 12.2. The van der Waals surface area contributed by atoms with E-state index in [1.54, 1.807) is 19.1 Å². The van der Waals surface area contributed by atoms with Crippen LogP contribution in [0.25, 0.3) is 11.0 Å². The summed E-state index contributed by atoms with van der Waals surface area (Å²) in [4.78, 5) is 0. The van der Waals surface area contributed by atoms with Crippen molar-refractivity contribution in [1.82, 2.24) is 0 Å². The minimum Gasteiger partial charge on any atom is -0.456 e. The van der Waals surface area contributed by atoms with Gasteiger partial charge in [-0.1, -0.05) is 29.8 Å². The third kappa shape index (κ3) is 2.38. The van der Waals surface area contributed by atoms with E-state index in [4.69, 9.17) is 16.0 Å².